The van der Waals surface area contributed by atoms with Crippen LogP contribution in [0.25, 0.3) is 27.5 Å². The number of para-hydroxylation sites is 1. The second kappa shape index (κ2) is 6.61. The average molecular weight is 357 g/mol. The Kier molecular flexibility index (Phi) is 3.99. The summed E-state index contributed by atoms with van der Waals surface area (Å²) < 4.78 is 10.6. The fourth-order valence-corrected chi connectivity index (χ4v) is 2.66. The summed E-state index contributed by atoms with van der Waals surface area (Å²) in [5, 5.41) is 12.7. The summed E-state index contributed by atoms with van der Waals surface area (Å²) in [5.41, 5.74) is -0.123. The predicted octanol–water partition coefficient (Wildman–Crippen LogP) is 3.27. The standard InChI is InChI=1S/C20H11N3O4/c21-10-12(15-6-3-4-8-22-15)11-23-16-9-14-18(27-20(16)25)13-5-1-2-7-17(13)26-19(14)24/h1-9,11,23H/b12-11+. The van der Waals surface area contributed by atoms with Crippen LogP contribution in [-0.2, 0) is 0 Å². The Balaban J connectivity index is 1.83. The number of hydrogen-bond acceptors (Lipinski definition) is 7. The Morgan fingerprint density at radius 1 is 1.04 bits per heavy atom. The van der Waals surface area contributed by atoms with Crippen LogP contribution >= 0.6 is 0 Å². The summed E-state index contributed by atoms with van der Waals surface area (Å²) in [6.07, 6.45) is 2.89. The minimum atomic E-state index is -0.673. The van der Waals surface area contributed by atoms with Gasteiger partial charge in [0.2, 0.25) is 0 Å². The van der Waals surface area contributed by atoms with E-state index >= 15 is 0 Å². The first-order chi connectivity index (χ1) is 13.2. The van der Waals surface area contributed by atoms with E-state index in [0.29, 0.717) is 16.7 Å². The third-order valence-corrected chi connectivity index (χ3v) is 3.94. The van der Waals surface area contributed by atoms with Crippen molar-refractivity contribution in [3.8, 4) is 6.07 Å². The lowest BCUT2D eigenvalue weighted by atomic mass is 10.2. The van der Waals surface area contributed by atoms with Crippen LogP contribution in [0.3, 0.4) is 0 Å². The number of nitrogens with one attached hydrogen (secondary N) is 1. The molecule has 0 bridgehead atoms. The first-order valence-electron chi connectivity index (χ1n) is 7.95. The van der Waals surface area contributed by atoms with Crippen molar-refractivity contribution in [1.82, 2.24) is 4.98 Å². The molecule has 0 saturated carbocycles. The maximum atomic E-state index is 12.3. The van der Waals surface area contributed by atoms with Gasteiger partial charge >= 0.3 is 11.3 Å². The van der Waals surface area contributed by atoms with Gasteiger partial charge in [-0.15, -0.1) is 0 Å². The lowest BCUT2D eigenvalue weighted by molar-refractivity contribution is 0.544. The molecule has 1 N–H and O–H groups in total. The molecule has 1 aromatic carbocycles. The van der Waals surface area contributed by atoms with Crippen LogP contribution in [0.15, 0.2) is 79.4 Å². The summed E-state index contributed by atoms with van der Waals surface area (Å²) in [6.45, 7) is 0. The van der Waals surface area contributed by atoms with Gasteiger partial charge in [0.25, 0.3) is 0 Å². The van der Waals surface area contributed by atoms with Gasteiger partial charge in [-0.1, -0.05) is 18.2 Å². The zero-order chi connectivity index (χ0) is 18.8. The molecule has 7 nitrogen and oxygen atoms in total. The molecule has 0 amide bonds. The lowest BCUT2D eigenvalue weighted by Crippen LogP contribution is -2.10. The molecule has 0 aliphatic heterocycles. The van der Waals surface area contributed by atoms with Gasteiger partial charge < -0.3 is 14.2 Å². The molecule has 0 spiro atoms. The van der Waals surface area contributed by atoms with Gasteiger partial charge in [-0.3, -0.25) is 4.98 Å². The summed E-state index contributed by atoms with van der Waals surface area (Å²) in [6, 6.07) is 15.3. The molecular weight excluding hydrogens is 346 g/mol. The normalized spacial score (nSPS) is 11.4. The van der Waals surface area contributed by atoms with Crippen LogP contribution in [0.5, 0.6) is 0 Å². The van der Waals surface area contributed by atoms with Crippen LogP contribution < -0.4 is 16.6 Å². The van der Waals surface area contributed by atoms with E-state index in [2.05, 4.69) is 10.3 Å². The average Bonchev–Trinajstić information content (AvgIpc) is 2.70. The fraction of sp³-hybridized carbons (Fsp3) is 0. The van der Waals surface area contributed by atoms with Crippen LogP contribution in [0.4, 0.5) is 5.69 Å². The van der Waals surface area contributed by atoms with Crippen molar-refractivity contribution in [3.63, 3.8) is 0 Å². The van der Waals surface area contributed by atoms with Gasteiger partial charge in [0, 0.05) is 12.4 Å². The SMILES string of the molecule is N#C/C(=C\Nc1cc2c(=O)oc3ccccc3c2oc1=O)c1ccccn1. The van der Waals surface area contributed by atoms with Gasteiger partial charge in [0.1, 0.15) is 22.7 Å². The van der Waals surface area contributed by atoms with Crippen molar-refractivity contribution in [2.45, 2.75) is 0 Å². The Bertz CT molecular complexity index is 1350. The first-order valence-corrected chi connectivity index (χ1v) is 7.95. The fourth-order valence-electron chi connectivity index (χ4n) is 2.66. The zero-order valence-electron chi connectivity index (χ0n) is 13.8. The van der Waals surface area contributed by atoms with Gasteiger partial charge in [-0.25, -0.2) is 9.59 Å². The van der Waals surface area contributed by atoms with Gasteiger partial charge in [-0.05, 0) is 30.3 Å². The van der Waals surface area contributed by atoms with Crippen molar-refractivity contribution >= 4 is 33.2 Å². The molecule has 4 aromatic rings. The Morgan fingerprint density at radius 2 is 1.85 bits per heavy atom. The molecule has 0 unspecified atom stereocenters. The molecule has 0 saturated heterocycles. The molecular formula is C20H11N3O4. The molecule has 130 valence electrons. The topological polar surface area (TPSA) is 109 Å². The third-order valence-electron chi connectivity index (χ3n) is 3.94. The predicted molar refractivity (Wildman–Crippen MR) is 100.0 cm³/mol. The number of anilines is 1. The summed E-state index contributed by atoms with van der Waals surface area (Å²) in [4.78, 5) is 28.7. The van der Waals surface area contributed by atoms with Crippen LogP contribution in [0.2, 0.25) is 0 Å². The molecule has 27 heavy (non-hydrogen) atoms. The van der Waals surface area contributed by atoms with Crippen molar-refractivity contribution < 1.29 is 8.83 Å². The smallest absolute Gasteiger partial charge is 0.360 e. The quantitative estimate of drug-likeness (QED) is 0.340. The van der Waals surface area contributed by atoms with E-state index in [4.69, 9.17) is 8.83 Å². The minimum absolute atomic E-state index is 0.00811. The second-order valence-corrected chi connectivity index (χ2v) is 5.61. The molecule has 0 aliphatic rings. The molecule has 0 fully saturated rings. The number of aromatic nitrogens is 1. The molecule has 4 rings (SSSR count). The van der Waals surface area contributed by atoms with E-state index in [0.717, 1.165) is 0 Å². The largest absolute Gasteiger partial charge is 0.422 e. The number of fused-ring (bicyclic) bond motifs is 3. The van der Waals surface area contributed by atoms with Crippen molar-refractivity contribution in [2.24, 2.45) is 0 Å². The van der Waals surface area contributed by atoms with E-state index in [-0.39, 0.29) is 22.2 Å². The molecule has 3 aromatic heterocycles. The highest BCUT2D eigenvalue weighted by Crippen LogP contribution is 2.23. The van der Waals surface area contributed by atoms with Gasteiger partial charge in [0.15, 0.2) is 5.58 Å². The van der Waals surface area contributed by atoms with Gasteiger partial charge in [0.05, 0.1) is 16.7 Å². The number of rotatable bonds is 3. The summed E-state index contributed by atoms with van der Waals surface area (Å²) >= 11 is 0. The monoisotopic (exact) mass is 357 g/mol. The maximum Gasteiger partial charge on any atom is 0.360 e. The van der Waals surface area contributed by atoms with E-state index in [1.165, 1.54) is 12.3 Å². The Hall–Kier alpha value is -4.18. The summed E-state index contributed by atoms with van der Waals surface area (Å²) in [5.74, 6) is 0. The highest BCUT2D eigenvalue weighted by molar-refractivity contribution is 6.00. The molecule has 0 radical (unpaired) electrons. The highest BCUT2D eigenvalue weighted by Gasteiger charge is 2.13. The lowest BCUT2D eigenvalue weighted by Gasteiger charge is -2.04. The maximum absolute atomic E-state index is 12.3. The zero-order valence-corrected chi connectivity index (χ0v) is 13.8. The molecule has 3 heterocycles. The number of nitrogens with zero attached hydrogens (tertiary/aromatic N) is 2. The van der Waals surface area contributed by atoms with Crippen LogP contribution in [0.1, 0.15) is 5.69 Å². The van der Waals surface area contributed by atoms with Crippen molar-refractivity contribution in [1.29, 1.82) is 5.26 Å². The number of benzene rings is 1. The first kappa shape index (κ1) is 16.3. The molecule has 0 atom stereocenters. The van der Waals surface area contributed by atoms with Crippen molar-refractivity contribution in [3.05, 3.63) is 87.5 Å². The van der Waals surface area contributed by atoms with Crippen LogP contribution in [0, 0.1) is 11.3 Å². The van der Waals surface area contributed by atoms with Crippen LogP contribution in [-0.4, -0.2) is 4.98 Å². The molecule has 7 heteroatoms. The highest BCUT2D eigenvalue weighted by atomic mass is 16.4. The van der Waals surface area contributed by atoms with E-state index in [1.54, 1.807) is 48.7 Å². The number of allylic oxidation sites excluding steroid dienone is 1. The Labute approximate surface area is 151 Å². The van der Waals surface area contributed by atoms with Gasteiger partial charge in [-0.2, -0.15) is 5.26 Å². The van der Waals surface area contributed by atoms with E-state index in [1.807, 2.05) is 6.07 Å². The Morgan fingerprint density at radius 3 is 2.63 bits per heavy atom. The second-order valence-electron chi connectivity index (χ2n) is 5.61. The molecule has 0 aliphatic carbocycles. The number of pyridine rings is 1. The minimum Gasteiger partial charge on any atom is -0.422 e. The number of hydrogen-bond donors (Lipinski definition) is 1. The third kappa shape index (κ3) is 2.96. The summed E-state index contributed by atoms with van der Waals surface area (Å²) in [7, 11) is 0. The van der Waals surface area contributed by atoms with E-state index in [9.17, 15) is 14.9 Å². The number of nitriles is 1. The van der Waals surface area contributed by atoms with Crippen molar-refractivity contribution in [2.75, 3.05) is 5.32 Å². The van der Waals surface area contributed by atoms with E-state index < -0.39 is 11.3 Å².